The summed E-state index contributed by atoms with van der Waals surface area (Å²) in [6.07, 6.45) is 1.47. The smallest absolute Gasteiger partial charge is 0.357 e. The van der Waals surface area contributed by atoms with Gasteiger partial charge in [-0.2, -0.15) is 0 Å². The summed E-state index contributed by atoms with van der Waals surface area (Å²) in [5, 5.41) is 0. The average Bonchev–Trinajstić information content (AvgIpc) is 2.39. The first kappa shape index (κ1) is 13.7. The quantitative estimate of drug-likeness (QED) is 0.716. The maximum absolute atomic E-state index is 11.6. The number of hydrogen-bond acceptors (Lipinski definition) is 7. The molecular formula is C11H15N3O4S. The van der Waals surface area contributed by atoms with E-state index in [1.807, 2.05) is 0 Å². The van der Waals surface area contributed by atoms with Crippen molar-refractivity contribution in [2.45, 2.75) is 6.92 Å². The van der Waals surface area contributed by atoms with Gasteiger partial charge in [-0.3, -0.25) is 0 Å². The molecule has 0 bridgehead atoms. The van der Waals surface area contributed by atoms with Crippen LogP contribution in [0.5, 0.6) is 0 Å². The molecule has 19 heavy (non-hydrogen) atoms. The third kappa shape index (κ3) is 3.40. The molecule has 1 aliphatic heterocycles. The number of esters is 1. The summed E-state index contributed by atoms with van der Waals surface area (Å²) < 4.78 is 27.6. The van der Waals surface area contributed by atoms with Crippen LogP contribution < -0.4 is 4.90 Å². The summed E-state index contributed by atoms with van der Waals surface area (Å²) in [5.41, 5.74) is 0.181. The molecule has 1 fully saturated rings. The number of aromatic nitrogens is 2. The normalized spacial score (nSPS) is 18.1. The Morgan fingerprint density at radius 3 is 2.74 bits per heavy atom. The number of sulfone groups is 1. The van der Waals surface area contributed by atoms with Crippen LogP contribution in [0.25, 0.3) is 0 Å². The minimum absolute atomic E-state index is 0.0833. The number of carbonyl (C=O) groups excluding carboxylic acids is 1. The van der Waals surface area contributed by atoms with Gasteiger partial charge in [0.1, 0.15) is 0 Å². The van der Waals surface area contributed by atoms with Gasteiger partial charge in [0.15, 0.2) is 15.5 Å². The van der Waals surface area contributed by atoms with E-state index in [1.54, 1.807) is 11.8 Å². The van der Waals surface area contributed by atoms with E-state index in [0.29, 0.717) is 19.0 Å². The zero-order valence-electron chi connectivity index (χ0n) is 10.6. The van der Waals surface area contributed by atoms with E-state index in [1.165, 1.54) is 12.3 Å². The standard InChI is InChI=1S/C11H15N3O4S/c1-2-18-10(15)9-3-4-12-11(13-9)14-5-7-19(16,17)8-6-14/h3-4H,2,5-8H2,1H3. The first-order valence-electron chi connectivity index (χ1n) is 5.97. The number of anilines is 1. The summed E-state index contributed by atoms with van der Waals surface area (Å²) in [4.78, 5) is 21.5. The Bertz CT molecular complexity index is 559. The van der Waals surface area contributed by atoms with Gasteiger partial charge in [0.05, 0.1) is 18.1 Å². The molecule has 1 aliphatic rings. The van der Waals surface area contributed by atoms with E-state index in [-0.39, 0.29) is 23.8 Å². The van der Waals surface area contributed by atoms with Crippen molar-refractivity contribution in [2.24, 2.45) is 0 Å². The summed E-state index contributed by atoms with van der Waals surface area (Å²) >= 11 is 0. The number of hydrogen-bond donors (Lipinski definition) is 0. The molecule has 0 amide bonds. The Hall–Kier alpha value is -1.70. The van der Waals surface area contributed by atoms with Crippen LogP contribution >= 0.6 is 0 Å². The van der Waals surface area contributed by atoms with Crippen molar-refractivity contribution in [3.05, 3.63) is 18.0 Å². The lowest BCUT2D eigenvalue weighted by Crippen LogP contribution is -2.41. The van der Waals surface area contributed by atoms with E-state index in [2.05, 4.69) is 9.97 Å². The van der Waals surface area contributed by atoms with Gasteiger partial charge < -0.3 is 9.64 Å². The molecule has 0 aliphatic carbocycles. The molecule has 8 heteroatoms. The number of ether oxygens (including phenoxy) is 1. The fraction of sp³-hybridized carbons (Fsp3) is 0.545. The SMILES string of the molecule is CCOC(=O)c1ccnc(N2CCS(=O)(=O)CC2)n1. The second-order valence-corrected chi connectivity index (χ2v) is 6.40. The molecule has 0 unspecified atom stereocenters. The van der Waals surface area contributed by atoms with E-state index in [4.69, 9.17) is 4.74 Å². The van der Waals surface area contributed by atoms with Crippen molar-refractivity contribution in [1.82, 2.24) is 9.97 Å². The Kier molecular flexibility index (Phi) is 3.98. The van der Waals surface area contributed by atoms with Gasteiger partial charge in [0.2, 0.25) is 5.95 Å². The highest BCUT2D eigenvalue weighted by Crippen LogP contribution is 2.12. The van der Waals surface area contributed by atoms with Gasteiger partial charge in [-0.25, -0.2) is 23.2 Å². The van der Waals surface area contributed by atoms with Gasteiger partial charge in [0, 0.05) is 19.3 Å². The summed E-state index contributed by atoms with van der Waals surface area (Å²) in [7, 11) is -2.95. The molecule has 0 radical (unpaired) electrons. The van der Waals surface area contributed by atoms with E-state index >= 15 is 0 Å². The molecule has 0 N–H and O–H groups in total. The molecule has 2 heterocycles. The summed E-state index contributed by atoms with van der Waals surface area (Å²) in [6, 6.07) is 1.47. The molecule has 7 nitrogen and oxygen atoms in total. The zero-order chi connectivity index (χ0) is 13.9. The highest BCUT2D eigenvalue weighted by atomic mass is 32.2. The second kappa shape index (κ2) is 5.52. The topological polar surface area (TPSA) is 89.5 Å². The Morgan fingerprint density at radius 1 is 1.42 bits per heavy atom. The molecule has 1 saturated heterocycles. The largest absolute Gasteiger partial charge is 0.461 e. The predicted molar refractivity (Wildman–Crippen MR) is 68.9 cm³/mol. The Labute approximate surface area is 111 Å². The third-order valence-corrected chi connectivity index (χ3v) is 4.36. The Balaban J connectivity index is 2.13. The lowest BCUT2D eigenvalue weighted by Gasteiger charge is -2.26. The maximum atomic E-state index is 11.6. The van der Waals surface area contributed by atoms with Gasteiger partial charge in [-0.1, -0.05) is 0 Å². The van der Waals surface area contributed by atoms with Crippen LogP contribution in [0.3, 0.4) is 0 Å². The van der Waals surface area contributed by atoms with Crippen molar-refractivity contribution >= 4 is 21.8 Å². The first-order valence-corrected chi connectivity index (χ1v) is 7.79. The maximum Gasteiger partial charge on any atom is 0.357 e. The fourth-order valence-electron chi connectivity index (χ4n) is 1.73. The number of carbonyl (C=O) groups is 1. The molecule has 1 aromatic rings. The summed E-state index contributed by atoms with van der Waals surface area (Å²) in [6.45, 7) is 2.68. The van der Waals surface area contributed by atoms with Crippen LogP contribution in [0.15, 0.2) is 12.3 Å². The van der Waals surface area contributed by atoms with E-state index < -0.39 is 15.8 Å². The van der Waals surface area contributed by atoms with Crippen molar-refractivity contribution in [3.63, 3.8) is 0 Å². The lowest BCUT2D eigenvalue weighted by molar-refractivity contribution is 0.0519. The average molecular weight is 285 g/mol. The molecule has 2 rings (SSSR count). The molecule has 104 valence electrons. The van der Waals surface area contributed by atoms with Crippen molar-refractivity contribution in [1.29, 1.82) is 0 Å². The van der Waals surface area contributed by atoms with Crippen LogP contribution in [0.2, 0.25) is 0 Å². The van der Waals surface area contributed by atoms with Gasteiger partial charge in [0.25, 0.3) is 0 Å². The van der Waals surface area contributed by atoms with Crippen molar-refractivity contribution in [3.8, 4) is 0 Å². The van der Waals surface area contributed by atoms with E-state index in [0.717, 1.165) is 0 Å². The minimum atomic E-state index is -2.95. The molecular weight excluding hydrogens is 270 g/mol. The molecule has 0 atom stereocenters. The first-order chi connectivity index (χ1) is 9.02. The molecule has 0 spiro atoms. The second-order valence-electron chi connectivity index (χ2n) is 4.10. The zero-order valence-corrected chi connectivity index (χ0v) is 11.4. The highest BCUT2D eigenvalue weighted by molar-refractivity contribution is 7.91. The monoisotopic (exact) mass is 285 g/mol. The van der Waals surface area contributed by atoms with Crippen LogP contribution in [0.1, 0.15) is 17.4 Å². The van der Waals surface area contributed by atoms with Gasteiger partial charge >= 0.3 is 5.97 Å². The number of nitrogens with zero attached hydrogens (tertiary/aromatic N) is 3. The minimum Gasteiger partial charge on any atom is -0.461 e. The predicted octanol–water partition coefficient (Wildman–Crippen LogP) is -0.112. The molecule has 0 aromatic carbocycles. The van der Waals surface area contributed by atoms with Gasteiger partial charge in [-0.15, -0.1) is 0 Å². The van der Waals surface area contributed by atoms with Crippen LogP contribution in [-0.2, 0) is 14.6 Å². The Morgan fingerprint density at radius 2 is 2.11 bits per heavy atom. The molecule has 1 aromatic heterocycles. The molecule has 0 saturated carbocycles. The fourth-order valence-corrected chi connectivity index (χ4v) is 2.93. The number of rotatable bonds is 3. The van der Waals surface area contributed by atoms with Crippen LogP contribution in [-0.4, -0.2) is 55.6 Å². The third-order valence-electron chi connectivity index (χ3n) is 2.75. The van der Waals surface area contributed by atoms with Crippen LogP contribution in [0.4, 0.5) is 5.95 Å². The van der Waals surface area contributed by atoms with Crippen LogP contribution in [0, 0.1) is 0 Å². The van der Waals surface area contributed by atoms with Crippen molar-refractivity contribution < 1.29 is 17.9 Å². The van der Waals surface area contributed by atoms with Crippen molar-refractivity contribution in [2.75, 3.05) is 36.1 Å². The highest BCUT2D eigenvalue weighted by Gasteiger charge is 2.23. The van der Waals surface area contributed by atoms with E-state index in [9.17, 15) is 13.2 Å². The summed E-state index contributed by atoms with van der Waals surface area (Å²) in [5.74, 6) is 0.0243. The van der Waals surface area contributed by atoms with Gasteiger partial charge in [-0.05, 0) is 13.0 Å². The lowest BCUT2D eigenvalue weighted by atomic mass is 10.4.